The van der Waals surface area contributed by atoms with Gasteiger partial charge in [-0.3, -0.25) is 0 Å². The number of aromatic amines is 1. The quantitative estimate of drug-likeness (QED) is 0.659. The van der Waals surface area contributed by atoms with Crippen LogP contribution in [0.4, 0.5) is 11.8 Å². The molecule has 0 spiro atoms. The molecule has 4 rings (SSSR count). The Morgan fingerprint density at radius 2 is 2.23 bits per heavy atom. The molecule has 0 aliphatic carbocycles. The molecule has 1 atom stereocenters. The van der Waals surface area contributed by atoms with Crippen LogP contribution in [0.1, 0.15) is 30.2 Å². The van der Waals surface area contributed by atoms with E-state index < -0.39 is 0 Å². The van der Waals surface area contributed by atoms with Gasteiger partial charge in [-0.2, -0.15) is 4.98 Å². The molecule has 3 N–H and O–H groups in total. The molecule has 136 valence electrons. The number of nitrogens with one attached hydrogen (secondary N) is 2. The van der Waals surface area contributed by atoms with E-state index in [0.29, 0.717) is 19.0 Å². The summed E-state index contributed by atoms with van der Waals surface area (Å²) < 4.78 is 0. The number of anilines is 2. The Balaban J connectivity index is 1.48. The average molecular weight is 351 g/mol. The average Bonchev–Trinajstić information content (AvgIpc) is 3.24. The van der Waals surface area contributed by atoms with Crippen LogP contribution in [0, 0.1) is 6.92 Å². The number of aliphatic hydroxyl groups is 1. The van der Waals surface area contributed by atoms with Crippen LogP contribution in [0.15, 0.2) is 30.5 Å². The summed E-state index contributed by atoms with van der Waals surface area (Å²) in [5.74, 6) is 1.48. The Kier molecular flexibility index (Phi) is 4.51. The number of H-pyrrole nitrogens is 1. The number of β-amino-alcohol motifs (C(OH)–C–C–N with tert-alkyl or cyclic N) is 1. The first-order chi connectivity index (χ1) is 12.6. The minimum atomic E-state index is -0.259. The molecule has 1 fully saturated rings. The number of aromatic nitrogens is 3. The zero-order valence-electron chi connectivity index (χ0n) is 15.3. The zero-order valence-corrected chi connectivity index (χ0v) is 15.3. The molecule has 3 heterocycles. The van der Waals surface area contributed by atoms with Crippen molar-refractivity contribution in [3.63, 3.8) is 0 Å². The molecular formula is C20H25N5O. The molecule has 2 aromatic heterocycles. The molecule has 6 nitrogen and oxygen atoms in total. The van der Waals surface area contributed by atoms with Crippen LogP contribution in [-0.4, -0.2) is 39.3 Å². The molecule has 26 heavy (non-hydrogen) atoms. The molecule has 1 aromatic carbocycles. The van der Waals surface area contributed by atoms with Gasteiger partial charge in [0.25, 0.3) is 0 Å². The van der Waals surface area contributed by atoms with E-state index in [1.165, 1.54) is 27.7 Å². The van der Waals surface area contributed by atoms with Crippen molar-refractivity contribution in [2.24, 2.45) is 0 Å². The van der Waals surface area contributed by atoms with Gasteiger partial charge in [-0.1, -0.05) is 13.0 Å². The highest BCUT2D eigenvalue weighted by Crippen LogP contribution is 2.24. The van der Waals surface area contributed by atoms with Crippen molar-refractivity contribution in [3.05, 3.63) is 47.3 Å². The summed E-state index contributed by atoms with van der Waals surface area (Å²) in [5.41, 5.74) is 5.02. The molecule has 6 heteroatoms. The summed E-state index contributed by atoms with van der Waals surface area (Å²) in [7, 11) is 0. The van der Waals surface area contributed by atoms with Crippen molar-refractivity contribution < 1.29 is 5.11 Å². The van der Waals surface area contributed by atoms with Crippen molar-refractivity contribution in [1.82, 2.24) is 15.0 Å². The summed E-state index contributed by atoms with van der Waals surface area (Å²) in [6, 6.07) is 8.39. The van der Waals surface area contributed by atoms with Crippen molar-refractivity contribution in [2.45, 2.75) is 39.3 Å². The van der Waals surface area contributed by atoms with Gasteiger partial charge < -0.3 is 20.3 Å². The smallest absolute Gasteiger partial charge is 0.224 e. The third-order valence-corrected chi connectivity index (χ3v) is 5.16. The van der Waals surface area contributed by atoms with E-state index >= 15 is 0 Å². The van der Waals surface area contributed by atoms with Crippen LogP contribution in [0.5, 0.6) is 0 Å². The van der Waals surface area contributed by atoms with Crippen molar-refractivity contribution in [2.75, 3.05) is 23.3 Å². The second-order valence-corrected chi connectivity index (χ2v) is 6.94. The Morgan fingerprint density at radius 3 is 3.00 bits per heavy atom. The van der Waals surface area contributed by atoms with E-state index in [2.05, 4.69) is 57.2 Å². The second-order valence-electron chi connectivity index (χ2n) is 6.94. The molecule has 1 aliphatic rings. The summed E-state index contributed by atoms with van der Waals surface area (Å²) in [6.45, 7) is 6.49. The fourth-order valence-electron chi connectivity index (χ4n) is 3.63. The molecule has 0 amide bonds. The lowest BCUT2D eigenvalue weighted by molar-refractivity contribution is 0.198. The van der Waals surface area contributed by atoms with Crippen LogP contribution in [0.3, 0.4) is 0 Å². The van der Waals surface area contributed by atoms with Crippen LogP contribution in [-0.2, 0) is 13.0 Å². The van der Waals surface area contributed by atoms with E-state index in [1.54, 1.807) is 6.20 Å². The van der Waals surface area contributed by atoms with Gasteiger partial charge in [0.1, 0.15) is 5.82 Å². The summed E-state index contributed by atoms with van der Waals surface area (Å²) in [5, 5.41) is 14.3. The molecule has 0 unspecified atom stereocenters. The number of rotatable bonds is 5. The number of nitrogens with zero attached hydrogens (tertiary/aromatic N) is 3. The fourth-order valence-corrected chi connectivity index (χ4v) is 3.63. The Labute approximate surface area is 153 Å². The summed E-state index contributed by atoms with van der Waals surface area (Å²) in [4.78, 5) is 14.5. The maximum atomic E-state index is 9.71. The predicted octanol–water partition coefficient (Wildman–Crippen LogP) is 3.01. The molecule has 1 saturated heterocycles. The Hall–Kier alpha value is -2.60. The summed E-state index contributed by atoms with van der Waals surface area (Å²) in [6.07, 6.45) is 3.32. The highest BCUT2D eigenvalue weighted by atomic mass is 16.3. The lowest BCUT2D eigenvalue weighted by Gasteiger charge is -2.17. The van der Waals surface area contributed by atoms with Gasteiger partial charge in [-0.15, -0.1) is 0 Å². The van der Waals surface area contributed by atoms with E-state index in [9.17, 15) is 5.11 Å². The fraction of sp³-hybridized carbons (Fsp3) is 0.400. The normalized spacial score (nSPS) is 17.2. The molecule has 1 aliphatic heterocycles. The number of hydrogen-bond donors (Lipinski definition) is 3. The first kappa shape index (κ1) is 16.8. The maximum absolute atomic E-state index is 9.71. The van der Waals surface area contributed by atoms with Crippen molar-refractivity contribution >= 4 is 22.7 Å². The summed E-state index contributed by atoms with van der Waals surface area (Å²) >= 11 is 0. The van der Waals surface area contributed by atoms with Gasteiger partial charge in [-0.25, -0.2) is 4.98 Å². The van der Waals surface area contributed by atoms with E-state index in [4.69, 9.17) is 0 Å². The zero-order chi connectivity index (χ0) is 18.1. The Bertz CT molecular complexity index is 920. The molecule has 0 saturated carbocycles. The number of aliphatic hydroxyl groups excluding tert-OH is 1. The van der Waals surface area contributed by atoms with E-state index in [1.807, 2.05) is 6.07 Å². The Morgan fingerprint density at radius 1 is 1.35 bits per heavy atom. The number of benzene rings is 1. The minimum Gasteiger partial charge on any atom is -0.391 e. The first-order valence-electron chi connectivity index (χ1n) is 9.24. The van der Waals surface area contributed by atoms with Crippen molar-refractivity contribution in [1.29, 1.82) is 0 Å². The highest BCUT2D eigenvalue weighted by molar-refractivity contribution is 5.85. The van der Waals surface area contributed by atoms with Gasteiger partial charge in [0.15, 0.2) is 0 Å². The lowest BCUT2D eigenvalue weighted by Crippen LogP contribution is -2.22. The first-order valence-corrected chi connectivity index (χ1v) is 9.24. The lowest BCUT2D eigenvalue weighted by atomic mass is 10.1. The molecule has 0 bridgehead atoms. The largest absolute Gasteiger partial charge is 0.391 e. The van der Waals surface area contributed by atoms with E-state index in [0.717, 1.165) is 25.2 Å². The monoisotopic (exact) mass is 351 g/mol. The van der Waals surface area contributed by atoms with Crippen molar-refractivity contribution in [3.8, 4) is 0 Å². The van der Waals surface area contributed by atoms with Gasteiger partial charge in [0.2, 0.25) is 5.95 Å². The number of hydrogen-bond acceptors (Lipinski definition) is 5. The topological polar surface area (TPSA) is 77.1 Å². The van der Waals surface area contributed by atoms with Crippen LogP contribution < -0.4 is 10.2 Å². The minimum absolute atomic E-state index is 0.259. The SMILES string of the molecule is CCc1[nH]c2ccc(CNc3nccc(N4CC[C@@H](O)C4)n3)cc2c1C. The second kappa shape index (κ2) is 6.96. The third-order valence-electron chi connectivity index (χ3n) is 5.16. The number of aryl methyl sites for hydroxylation is 2. The van der Waals surface area contributed by atoms with Crippen LogP contribution in [0.25, 0.3) is 10.9 Å². The predicted molar refractivity (Wildman–Crippen MR) is 105 cm³/mol. The maximum Gasteiger partial charge on any atom is 0.224 e. The van der Waals surface area contributed by atoms with Gasteiger partial charge >= 0.3 is 0 Å². The van der Waals surface area contributed by atoms with E-state index in [-0.39, 0.29) is 6.10 Å². The van der Waals surface area contributed by atoms with Gasteiger partial charge in [-0.05, 0) is 49.1 Å². The third kappa shape index (κ3) is 3.24. The van der Waals surface area contributed by atoms with Crippen LogP contribution in [0.2, 0.25) is 0 Å². The highest BCUT2D eigenvalue weighted by Gasteiger charge is 2.21. The number of fused-ring (bicyclic) bond motifs is 1. The van der Waals surface area contributed by atoms with Gasteiger partial charge in [0, 0.05) is 42.4 Å². The van der Waals surface area contributed by atoms with Gasteiger partial charge in [0.05, 0.1) is 6.10 Å². The molecular weight excluding hydrogens is 326 g/mol. The van der Waals surface area contributed by atoms with Crippen LogP contribution >= 0.6 is 0 Å². The standard InChI is InChI=1S/C20H25N5O/c1-3-17-13(2)16-10-14(4-5-18(16)23-17)11-22-20-21-8-6-19(24-20)25-9-7-15(26)12-25/h4-6,8,10,15,23,26H,3,7,9,11-12H2,1-2H3,(H,21,22,24)/t15-/m1/s1. The molecule has 3 aromatic rings. The molecule has 0 radical (unpaired) electrons.